The van der Waals surface area contributed by atoms with Gasteiger partial charge >= 0.3 is 0 Å². The molecule has 0 amide bonds. The fourth-order valence-corrected chi connectivity index (χ4v) is 2.86. The zero-order chi connectivity index (χ0) is 12.5. The van der Waals surface area contributed by atoms with Crippen LogP contribution in [0.15, 0.2) is 5.38 Å². The van der Waals surface area contributed by atoms with Crippen LogP contribution >= 0.6 is 22.9 Å². The van der Waals surface area contributed by atoms with Crippen molar-refractivity contribution in [3.8, 4) is 0 Å². The maximum absolute atomic E-state index is 5.74. The van der Waals surface area contributed by atoms with E-state index in [1.54, 1.807) is 11.3 Å². The third kappa shape index (κ3) is 5.84. The van der Waals surface area contributed by atoms with Gasteiger partial charge in [-0.2, -0.15) is 0 Å². The molecule has 1 aromatic heterocycles. The maximum Gasteiger partial charge on any atom is 0.0929 e. The Labute approximate surface area is 114 Å². The lowest BCUT2D eigenvalue weighted by Crippen LogP contribution is -2.25. The molecular weight excluding hydrogens is 252 g/mol. The summed E-state index contributed by atoms with van der Waals surface area (Å²) in [6, 6.07) is 0. The normalized spacial score (nSPS) is 11.3. The first-order valence-corrected chi connectivity index (χ1v) is 7.93. The van der Waals surface area contributed by atoms with Gasteiger partial charge in [-0.3, -0.25) is 0 Å². The van der Waals surface area contributed by atoms with Gasteiger partial charge in [-0.15, -0.1) is 22.9 Å². The highest BCUT2D eigenvalue weighted by molar-refractivity contribution is 7.09. The number of hydrogen-bond donors (Lipinski definition) is 0. The molecule has 0 saturated heterocycles. The molecule has 0 fully saturated rings. The van der Waals surface area contributed by atoms with E-state index in [0.29, 0.717) is 5.88 Å². The highest BCUT2D eigenvalue weighted by Gasteiger charge is 2.04. The van der Waals surface area contributed by atoms with Crippen molar-refractivity contribution in [3.63, 3.8) is 0 Å². The summed E-state index contributed by atoms with van der Waals surface area (Å²) in [6.45, 7) is 8.07. The standard InChI is InChI=1S/C13H23ClN2S/c1-3-5-8-16(4-2)9-6-7-13-15-12(10-14)11-17-13/h11H,3-10H2,1-2H3. The Morgan fingerprint density at radius 3 is 2.65 bits per heavy atom. The molecule has 0 N–H and O–H groups in total. The van der Waals surface area contributed by atoms with E-state index in [1.807, 2.05) is 0 Å². The molecule has 1 heterocycles. The molecule has 1 aromatic rings. The minimum Gasteiger partial charge on any atom is -0.304 e. The summed E-state index contributed by atoms with van der Waals surface area (Å²) in [5.41, 5.74) is 1.02. The molecule has 0 bridgehead atoms. The van der Waals surface area contributed by atoms with E-state index in [9.17, 15) is 0 Å². The molecule has 4 heteroatoms. The van der Waals surface area contributed by atoms with Crippen molar-refractivity contribution < 1.29 is 0 Å². The van der Waals surface area contributed by atoms with E-state index < -0.39 is 0 Å². The first-order valence-electron chi connectivity index (χ1n) is 6.51. The van der Waals surface area contributed by atoms with Crippen LogP contribution < -0.4 is 0 Å². The van der Waals surface area contributed by atoms with Crippen LogP contribution in [0.4, 0.5) is 0 Å². The smallest absolute Gasteiger partial charge is 0.0929 e. The number of aryl methyl sites for hydroxylation is 1. The van der Waals surface area contributed by atoms with Crippen LogP contribution in [0, 0.1) is 0 Å². The van der Waals surface area contributed by atoms with Crippen molar-refractivity contribution in [2.75, 3.05) is 19.6 Å². The summed E-state index contributed by atoms with van der Waals surface area (Å²) in [4.78, 5) is 7.01. The average Bonchev–Trinajstić information content (AvgIpc) is 2.81. The van der Waals surface area contributed by atoms with Gasteiger partial charge in [-0.1, -0.05) is 20.3 Å². The summed E-state index contributed by atoms with van der Waals surface area (Å²) in [5.74, 6) is 0.536. The third-order valence-electron chi connectivity index (χ3n) is 2.88. The van der Waals surface area contributed by atoms with E-state index in [0.717, 1.165) is 18.7 Å². The number of aromatic nitrogens is 1. The first kappa shape index (κ1) is 14.9. The third-order valence-corrected chi connectivity index (χ3v) is 4.11. The van der Waals surface area contributed by atoms with Crippen molar-refractivity contribution >= 4 is 22.9 Å². The monoisotopic (exact) mass is 274 g/mol. The summed E-state index contributed by atoms with van der Waals surface area (Å²) in [6.07, 6.45) is 4.88. The average molecular weight is 275 g/mol. The molecule has 0 aliphatic carbocycles. The summed E-state index contributed by atoms with van der Waals surface area (Å²) < 4.78 is 0. The molecule has 17 heavy (non-hydrogen) atoms. The molecule has 0 spiro atoms. The largest absolute Gasteiger partial charge is 0.304 e. The van der Waals surface area contributed by atoms with Gasteiger partial charge < -0.3 is 4.90 Å². The molecule has 98 valence electrons. The van der Waals surface area contributed by atoms with Crippen molar-refractivity contribution in [2.45, 2.75) is 45.4 Å². The van der Waals surface area contributed by atoms with Crippen LogP contribution in [0.25, 0.3) is 0 Å². The SMILES string of the molecule is CCCCN(CC)CCCc1nc(CCl)cs1. The second kappa shape index (κ2) is 8.90. The van der Waals surface area contributed by atoms with Crippen LogP contribution in [0.3, 0.4) is 0 Å². The number of halogens is 1. The molecule has 0 aliphatic rings. The summed E-state index contributed by atoms with van der Waals surface area (Å²) in [5, 5.41) is 3.30. The summed E-state index contributed by atoms with van der Waals surface area (Å²) >= 11 is 7.48. The highest BCUT2D eigenvalue weighted by atomic mass is 35.5. The van der Waals surface area contributed by atoms with Gasteiger partial charge in [0.1, 0.15) is 0 Å². The second-order valence-electron chi connectivity index (χ2n) is 4.26. The van der Waals surface area contributed by atoms with E-state index in [-0.39, 0.29) is 0 Å². The van der Waals surface area contributed by atoms with Crippen LogP contribution in [0.1, 0.15) is 43.8 Å². The Bertz CT molecular complexity index is 301. The van der Waals surface area contributed by atoms with Gasteiger partial charge in [0.05, 0.1) is 16.6 Å². The van der Waals surface area contributed by atoms with Gasteiger partial charge in [0.2, 0.25) is 0 Å². The number of nitrogens with zero attached hydrogens (tertiary/aromatic N) is 2. The van der Waals surface area contributed by atoms with Gasteiger partial charge in [0.25, 0.3) is 0 Å². The molecule has 1 rings (SSSR count). The Morgan fingerprint density at radius 2 is 2.06 bits per heavy atom. The molecule has 0 aliphatic heterocycles. The number of alkyl halides is 1. The Morgan fingerprint density at radius 1 is 1.29 bits per heavy atom. The highest BCUT2D eigenvalue weighted by Crippen LogP contribution is 2.13. The lowest BCUT2D eigenvalue weighted by Gasteiger charge is -2.19. The number of rotatable bonds is 9. The second-order valence-corrected chi connectivity index (χ2v) is 5.47. The zero-order valence-electron chi connectivity index (χ0n) is 10.9. The van der Waals surface area contributed by atoms with Gasteiger partial charge in [-0.05, 0) is 32.5 Å². The zero-order valence-corrected chi connectivity index (χ0v) is 12.5. The van der Waals surface area contributed by atoms with E-state index in [1.165, 1.54) is 37.4 Å². The van der Waals surface area contributed by atoms with Crippen LogP contribution in [-0.4, -0.2) is 29.5 Å². The van der Waals surface area contributed by atoms with Crippen LogP contribution in [0.5, 0.6) is 0 Å². The van der Waals surface area contributed by atoms with E-state index in [2.05, 4.69) is 29.1 Å². The minimum atomic E-state index is 0.536. The Hall–Kier alpha value is -0.120. The van der Waals surface area contributed by atoms with Crippen molar-refractivity contribution in [2.24, 2.45) is 0 Å². The lowest BCUT2D eigenvalue weighted by molar-refractivity contribution is 0.280. The first-order chi connectivity index (χ1) is 8.30. The fraction of sp³-hybridized carbons (Fsp3) is 0.769. The Kier molecular flexibility index (Phi) is 7.82. The topological polar surface area (TPSA) is 16.1 Å². The lowest BCUT2D eigenvalue weighted by atomic mass is 10.2. The van der Waals surface area contributed by atoms with E-state index in [4.69, 9.17) is 11.6 Å². The number of thiazole rings is 1. The maximum atomic E-state index is 5.74. The minimum absolute atomic E-state index is 0.536. The summed E-state index contributed by atoms with van der Waals surface area (Å²) in [7, 11) is 0. The Balaban J connectivity index is 2.21. The molecule has 0 aromatic carbocycles. The fourth-order valence-electron chi connectivity index (χ4n) is 1.79. The molecule has 0 radical (unpaired) electrons. The molecular formula is C13H23ClN2S. The van der Waals surface area contributed by atoms with Gasteiger partial charge in [-0.25, -0.2) is 4.98 Å². The predicted molar refractivity (Wildman–Crippen MR) is 77.0 cm³/mol. The predicted octanol–water partition coefficient (Wildman–Crippen LogP) is 3.94. The van der Waals surface area contributed by atoms with Crippen molar-refractivity contribution in [3.05, 3.63) is 16.1 Å². The molecule has 2 nitrogen and oxygen atoms in total. The molecule has 0 unspecified atom stereocenters. The van der Waals surface area contributed by atoms with Gasteiger partial charge in [0, 0.05) is 11.8 Å². The van der Waals surface area contributed by atoms with Crippen LogP contribution in [0.2, 0.25) is 0 Å². The van der Waals surface area contributed by atoms with Crippen molar-refractivity contribution in [1.82, 2.24) is 9.88 Å². The molecule has 0 atom stereocenters. The number of unbranched alkanes of at least 4 members (excludes halogenated alkanes) is 1. The van der Waals surface area contributed by atoms with Crippen LogP contribution in [-0.2, 0) is 12.3 Å². The quantitative estimate of drug-likeness (QED) is 0.634. The number of hydrogen-bond acceptors (Lipinski definition) is 3. The van der Waals surface area contributed by atoms with Crippen molar-refractivity contribution in [1.29, 1.82) is 0 Å². The van der Waals surface area contributed by atoms with Gasteiger partial charge in [0.15, 0.2) is 0 Å². The van der Waals surface area contributed by atoms with E-state index >= 15 is 0 Å². The molecule has 0 saturated carbocycles.